The molecule has 8 heteroatoms. The molecule has 0 unspecified atom stereocenters. The molecule has 0 fully saturated rings. The molecular weight excluding hydrogens is 440 g/mol. The van der Waals surface area contributed by atoms with Crippen molar-refractivity contribution in [2.24, 2.45) is 5.92 Å². The standard InChI is InChI=1S/C25H28N2O5S/c1-18(2)15-16-32-23-6-4-5-19(17-23)25(28)26-20-9-13-24(14-10-20)33(29,30)27-21-7-11-22(31-3)12-8-21/h4-14,17-18,27H,15-16H2,1-3H3,(H,26,28). The predicted octanol–water partition coefficient (Wildman–Crippen LogP) is 5.17. The highest BCUT2D eigenvalue weighted by molar-refractivity contribution is 7.92. The van der Waals surface area contributed by atoms with Gasteiger partial charge in [-0.25, -0.2) is 8.42 Å². The highest BCUT2D eigenvalue weighted by atomic mass is 32.2. The van der Waals surface area contributed by atoms with Gasteiger partial charge in [0, 0.05) is 16.9 Å². The van der Waals surface area contributed by atoms with Gasteiger partial charge in [-0.05, 0) is 79.1 Å². The van der Waals surface area contributed by atoms with E-state index in [1.54, 1.807) is 54.6 Å². The smallest absolute Gasteiger partial charge is 0.261 e. The van der Waals surface area contributed by atoms with Crippen LogP contribution < -0.4 is 19.5 Å². The molecule has 1 amide bonds. The topological polar surface area (TPSA) is 93.7 Å². The molecule has 0 bridgehead atoms. The van der Waals surface area contributed by atoms with Crippen molar-refractivity contribution in [2.45, 2.75) is 25.2 Å². The van der Waals surface area contributed by atoms with E-state index in [9.17, 15) is 13.2 Å². The predicted molar refractivity (Wildman–Crippen MR) is 130 cm³/mol. The Labute approximate surface area is 194 Å². The molecule has 174 valence electrons. The minimum absolute atomic E-state index is 0.0804. The lowest BCUT2D eigenvalue weighted by atomic mass is 10.1. The summed E-state index contributed by atoms with van der Waals surface area (Å²) < 4.78 is 38.6. The van der Waals surface area contributed by atoms with Gasteiger partial charge in [0.15, 0.2) is 0 Å². The van der Waals surface area contributed by atoms with Crippen LogP contribution in [-0.2, 0) is 10.0 Å². The lowest BCUT2D eigenvalue weighted by molar-refractivity contribution is 0.102. The highest BCUT2D eigenvalue weighted by Gasteiger charge is 2.15. The minimum atomic E-state index is -3.77. The molecule has 0 atom stereocenters. The van der Waals surface area contributed by atoms with E-state index < -0.39 is 10.0 Å². The first-order valence-electron chi connectivity index (χ1n) is 10.6. The van der Waals surface area contributed by atoms with Gasteiger partial charge in [0.1, 0.15) is 11.5 Å². The SMILES string of the molecule is COc1ccc(NS(=O)(=O)c2ccc(NC(=O)c3cccc(OCCC(C)C)c3)cc2)cc1. The average molecular weight is 469 g/mol. The van der Waals surface area contributed by atoms with Gasteiger partial charge in [0.05, 0.1) is 18.6 Å². The van der Waals surface area contributed by atoms with Crippen molar-refractivity contribution in [3.63, 3.8) is 0 Å². The molecule has 0 saturated carbocycles. The van der Waals surface area contributed by atoms with E-state index >= 15 is 0 Å². The number of ether oxygens (including phenoxy) is 2. The van der Waals surface area contributed by atoms with Gasteiger partial charge in [0.25, 0.3) is 15.9 Å². The maximum atomic E-state index is 12.6. The van der Waals surface area contributed by atoms with E-state index in [1.807, 2.05) is 6.07 Å². The summed E-state index contributed by atoms with van der Waals surface area (Å²) in [5, 5.41) is 2.78. The van der Waals surface area contributed by atoms with Crippen LogP contribution in [0.25, 0.3) is 0 Å². The van der Waals surface area contributed by atoms with E-state index in [1.165, 1.54) is 19.2 Å². The Balaban J connectivity index is 1.63. The second kappa shape index (κ2) is 10.9. The Morgan fingerprint density at radius 2 is 1.58 bits per heavy atom. The first kappa shape index (κ1) is 24.1. The van der Waals surface area contributed by atoms with Crippen LogP contribution in [0.4, 0.5) is 11.4 Å². The lowest BCUT2D eigenvalue weighted by Gasteiger charge is -2.11. The third kappa shape index (κ3) is 6.98. The third-order valence-corrected chi connectivity index (χ3v) is 6.22. The summed E-state index contributed by atoms with van der Waals surface area (Å²) in [5.74, 6) is 1.49. The number of benzene rings is 3. The fraction of sp³-hybridized carbons (Fsp3) is 0.240. The van der Waals surface area contributed by atoms with E-state index in [2.05, 4.69) is 23.9 Å². The number of sulfonamides is 1. The second-order valence-electron chi connectivity index (χ2n) is 7.87. The Morgan fingerprint density at radius 1 is 0.909 bits per heavy atom. The van der Waals surface area contributed by atoms with Crippen LogP contribution in [0.5, 0.6) is 11.5 Å². The van der Waals surface area contributed by atoms with Crippen molar-refractivity contribution in [3.8, 4) is 11.5 Å². The summed E-state index contributed by atoms with van der Waals surface area (Å²) in [6, 6.07) is 19.5. The monoisotopic (exact) mass is 468 g/mol. The minimum Gasteiger partial charge on any atom is -0.497 e. The molecule has 0 aliphatic rings. The number of carbonyl (C=O) groups is 1. The first-order valence-corrected chi connectivity index (χ1v) is 12.1. The number of anilines is 2. The molecule has 0 saturated heterocycles. The van der Waals surface area contributed by atoms with Gasteiger partial charge >= 0.3 is 0 Å². The quantitative estimate of drug-likeness (QED) is 0.428. The van der Waals surface area contributed by atoms with Gasteiger partial charge in [-0.15, -0.1) is 0 Å². The molecule has 0 spiro atoms. The zero-order valence-electron chi connectivity index (χ0n) is 18.9. The van der Waals surface area contributed by atoms with Crippen molar-refractivity contribution in [2.75, 3.05) is 23.8 Å². The van der Waals surface area contributed by atoms with Crippen molar-refractivity contribution >= 4 is 27.3 Å². The van der Waals surface area contributed by atoms with Gasteiger partial charge in [-0.1, -0.05) is 19.9 Å². The number of nitrogens with one attached hydrogen (secondary N) is 2. The third-order valence-electron chi connectivity index (χ3n) is 4.82. The fourth-order valence-corrected chi connectivity index (χ4v) is 3.99. The molecule has 0 aromatic heterocycles. The van der Waals surface area contributed by atoms with Crippen molar-refractivity contribution in [1.82, 2.24) is 0 Å². The van der Waals surface area contributed by atoms with Crippen LogP contribution in [0.3, 0.4) is 0 Å². The fourth-order valence-electron chi connectivity index (χ4n) is 2.93. The largest absolute Gasteiger partial charge is 0.497 e. The highest BCUT2D eigenvalue weighted by Crippen LogP contribution is 2.21. The van der Waals surface area contributed by atoms with Gasteiger partial charge in [0.2, 0.25) is 0 Å². The van der Waals surface area contributed by atoms with Crippen molar-refractivity contribution in [1.29, 1.82) is 0 Å². The Hall–Kier alpha value is -3.52. The Bertz CT molecular complexity index is 1170. The summed E-state index contributed by atoms with van der Waals surface area (Å²) in [4.78, 5) is 12.7. The molecule has 0 radical (unpaired) electrons. The molecule has 0 aliphatic heterocycles. The van der Waals surface area contributed by atoms with Crippen LogP contribution in [0, 0.1) is 5.92 Å². The number of rotatable bonds is 10. The molecule has 33 heavy (non-hydrogen) atoms. The summed E-state index contributed by atoms with van der Waals surface area (Å²) in [6.07, 6.45) is 0.930. The summed E-state index contributed by atoms with van der Waals surface area (Å²) in [7, 11) is -2.23. The maximum absolute atomic E-state index is 12.6. The molecule has 3 aromatic rings. The summed E-state index contributed by atoms with van der Waals surface area (Å²) in [5.41, 5.74) is 1.35. The normalized spacial score (nSPS) is 11.2. The van der Waals surface area contributed by atoms with Gasteiger partial charge in [-0.2, -0.15) is 0 Å². The summed E-state index contributed by atoms with van der Waals surface area (Å²) >= 11 is 0. The number of amides is 1. The number of hydrogen-bond donors (Lipinski definition) is 2. The molecule has 3 aromatic carbocycles. The van der Waals surface area contributed by atoms with E-state index in [4.69, 9.17) is 9.47 Å². The zero-order chi connectivity index (χ0) is 23.8. The van der Waals surface area contributed by atoms with Crippen LogP contribution >= 0.6 is 0 Å². The van der Waals surface area contributed by atoms with Crippen LogP contribution in [0.15, 0.2) is 77.7 Å². The lowest BCUT2D eigenvalue weighted by Crippen LogP contribution is -2.14. The molecular formula is C25H28N2O5S. The van der Waals surface area contributed by atoms with Crippen molar-refractivity contribution in [3.05, 3.63) is 78.4 Å². The number of methoxy groups -OCH3 is 1. The van der Waals surface area contributed by atoms with Gasteiger partial charge in [-0.3, -0.25) is 9.52 Å². The van der Waals surface area contributed by atoms with Crippen LogP contribution in [0.2, 0.25) is 0 Å². The Kier molecular flexibility index (Phi) is 7.95. The maximum Gasteiger partial charge on any atom is 0.261 e. The van der Waals surface area contributed by atoms with Gasteiger partial charge < -0.3 is 14.8 Å². The molecule has 0 heterocycles. The number of carbonyl (C=O) groups excluding carboxylic acids is 1. The zero-order valence-corrected chi connectivity index (χ0v) is 19.7. The van der Waals surface area contributed by atoms with E-state index in [0.717, 1.165) is 6.42 Å². The number of hydrogen-bond acceptors (Lipinski definition) is 5. The average Bonchev–Trinajstić information content (AvgIpc) is 2.79. The van der Waals surface area contributed by atoms with E-state index in [0.29, 0.717) is 41.0 Å². The van der Waals surface area contributed by atoms with Crippen molar-refractivity contribution < 1.29 is 22.7 Å². The van der Waals surface area contributed by atoms with Crippen LogP contribution in [0.1, 0.15) is 30.6 Å². The molecule has 7 nitrogen and oxygen atoms in total. The first-order chi connectivity index (χ1) is 15.8. The molecule has 0 aliphatic carbocycles. The second-order valence-corrected chi connectivity index (χ2v) is 9.55. The molecule has 2 N–H and O–H groups in total. The Morgan fingerprint density at radius 3 is 2.21 bits per heavy atom. The summed E-state index contributed by atoms with van der Waals surface area (Å²) in [6.45, 7) is 4.83. The molecule has 3 rings (SSSR count). The van der Waals surface area contributed by atoms with E-state index in [-0.39, 0.29) is 10.8 Å². The van der Waals surface area contributed by atoms with Crippen LogP contribution in [-0.4, -0.2) is 28.0 Å².